The number of halogens is 3. The number of carbonyl (C=O) groups is 1. The lowest BCUT2D eigenvalue weighted by Gasteiger charge is -2.06. The van der Waals surface area contributed by atoms with Gasteiger partial charge in [-0.25, -0.2) is 4.39 Å². The van der Waals surface area contributed by atoms with Gasteiger partial charge < -0.3 is 10.7 Å². The Morgan fingerprint density at radius 1 is 1.14 bits per heavy atom. The molecule has 0 amide bonds. The van der Waals surface area contributed by atoms with Crippen LogP contribution in [0.5, 0.6) is 0 Å². The number of H-pyrrole nitrogens is 1. The van der Waals surface area contributed by atoms with Crippen molar-refractivity contribution in [1.29, 1.82) is 0 Å². The Balaban J connectivity index is 2.17. The first-order valence-electron chi connectivity index (χ1n) is 6.03. The molecule has 0 atom stereocenters. The Hall–Kier alpha value is -2.04. The molecule has 6 heteroatoms. The van der Waals surface area contributed by atoms with E-state index >= 15 is 0 Å². The number of carbonyl (C=O) groups excluding carboxylic acids is 1. The Bertz CT molecular complexity index is 873. The standard InChI is InChI=1S/C15H9Cl2FN2O/c16-12-5-8(19)4-10(14(12)17)15(21)11-6-20-13-3-7(18)1-2-9(11)13/h1-6,20H,19H2. The Morgan fingerprint density at radius 2 is 1.90 bits per heavy atom. The van der Waals surface area contributed by atoms with E-state index in [1.807, 2.05) is 0 Å². The number of ketones is 1. The van der Waals surface area contributed by atoms with Crippen molar-refractivity contribution in [2.75, 3.05) is 5.73 Å². The highest BCUT2D eigenvalue weighted by Gasteiger charge is 2.19. The summed E-state index contributed by atoms with van der Waals surface area (Å²) in [6, 6.07) is 7.10. The number of hydrogen-bond acceptors (Lipinski definition) is 2. The summed E-state index contributed by atoms with van der Waals surface area (Å²) >= 11 is 12.0. The van der Waals surface area contributed by atoms with Gasteiger partial charge in [0.25, 0.3) is 0 Å². The topological polar surface area (TPSA) is 58.9 Å². The van der Waals surface area contributed by atoms with Gasteiger partial charge in [-0.05, 0) is 30.3 Å². The largest absolute Gasteiger partial charge is 0.399 e. The monoisotopic (exact) mass is 322 g/mol. The second-order valence-corrected chi connectivity index (χ2v) is 5.37. The molecule has 1 aromatic heterocycles. The molecular weight excluding hydrogens is 314 g/mol. The third-order valence-corrected chi connectivity index (χ3v) is 3.99. The van der Waals surface area contributed by atoms with Crippen LogP contribution in [0.1, 0.15) is 15.9 Å². The number of hydrogen-bond donors (Lipinski definition) is 2. The van der Waals surface area contributed by atoms with E-state index in [0.717, 1.165) is 0 Å². The summed E-state index contributed by atoms with van der Waals surface area (Å²) in [6.45, 7) is 0. The van der Waals surface area contributed by atoms with Crippen molar-refractivity contribution < 1.29 is 9.18 Å². The molecule has 0 saturated heterocycles. The van der Waals surface area contributed by atoms with Crippen LogP contribution in [0.2, 0.25) is 10.0 Å². The summed E-state index contributed by atoms with van der Waals surface area (Å²) in [4.78, 5) is 15.5. The van der Waals surface area contributed by atoms with Crippen LogP contribution in [0.3, 0.4) is 0 Å². The van der Waals surface area contributed by atoms with Crippen LogP contribution in [-0.2, 0) is 0 Å². The lowest BCUT2D eigenvalue weighted by molar-refractivity contribution is 0.104. The Morgan fingerprint density at radius 3 is 2.67 bits per heavy atom. The van der Waals surface area contributed by atoms with Crippen LogP contribution in [-0.4, -0.2) is 10.8 Å². The highest BCUT2D eigenvalue weighted by atomic mass is 35.5. The maximum absolute atomic E-state index is 13.2. The number of nitrogens with two attached hydrogens (primary N) is 1. The van der Waals surface area contributed by atoms with Crippen molar-refractivity contribution >= 4 is 45.6 Å². The van der Waals surface area contributed by atoms with Crippen molar-refractivity contribution in [2.45, 2.75) is 0 Å². The van der Waals surface area contributed by atoms with Gasteiger partial charge in [0.15, 0.2) is 5.78 Å². The molecule has 106 valence electrons. The SMILES string of the molecule is Nc1cc(Cl)c(Cl)c(C(=O)c2c[nH]c3cc(F)ccc23)c1. The summed E-state index contributed by atoms with van der Waals surface area (Å²) in [6.07, 6.45) is 1.51. The van der Waals surface area contributed by atoms with Crippen LogP contribution >= 0.6 is 23.2 Å². The van der Waals surface area contributed by atoms with Gasteiger partial charge in [0, 0.05) is 33.9 Å². The van der Waals surface area contributed by atoms with E-state index in [-0.39, 0.29) is 27.2 Å². The fourth-order valence-electron chi connectivity index (χ4n) is 2.21. The van der Waals surface area contributed by atoms with Crippen molar-refractivity contribution in [1.82, 2.24) is 4.98 Å². The van der Waals surface area contributed by atoms with Crippen molar-refractivity contribution in [3.63, 3.8) is 0 Å². The number of anilines is 1. The van der Waals surface area contributed by atoms with Crippen LogP contribution < -0.4 is 5.73 Å². The molecule has 0 fully saturated rings. The van der Waals surface area contributed by atoms with Gasteiger partial charge in [-0.2, -0.15) is 0 Å². The highest BCUT2D eigenvalue weighted by Crippen LogP contribution is 2.31. The fourth-order valence-corrected chi connectivity index (χ4v) is 2.63. The molecule has 3 aromatic rings. The van der Waals surface area contributed by atoms with E-state index in [2.05, 4.69) is 4.98 Å². The van der Waals surface area contributed by atoms with E-state index < -0.39 is 0 Å². The quantitative estimate of drug-likeness (QED) is 0.541. The predicted octanol–water partition coefficient (Wildman–Crippen LogP) is 4.43. The third kappa shape index (κ3) is 2.37. The third-order valence-electron chi connectivity index (χ3n) is 3.18. The summed E-state index contributed by atoms with van der Waals surface area (Å²) in [5, 5.41) is 0.967. The number of aromatic amines is 1. The van der Waals surface area contributed by atoms with Gasteiger partial charge in [-0.3, -0.25) is 4.79 Å². The Kier molecular flexibility index (Phi) is 3.35. The van der Waals surface area contributed by atoms with Gasteiger partial charge in [-0.15, -0.1) is 0 Å². The average Bonchev–Trinajstić information content (AvgIpc) is 2.84. The Labute approximate surface area is 129 Å². The van der Waals surface area contributed by atoms with Crippen molar-refractivity contribution in [3.05, 3.63) is 63.5 Å². The molecule has 0 aliphatic rings. The van der Waals surface area contributed by atoms with Gasteiger partial charge >= 0.3 is 0 Å². The average molecular weight is 323 g/mol. The number of nitrogens with one attached hydrogen (secondary N) is 1. The second kappa shape index (κ2) is 5.06. The van der Waals surface area contributed by atoms with Gasteiger partial charge in [0.2, 0.25) is 0 Å². The summed E-state index contributed by atoms with van der Waals surface area (Å²) < 4.78 is 13.2. The first-order valence-corrected chi connectivity index (χ1v) is 6.79. The lowest BCUT2D eigenvalue weighted by atomic mass is 10.0. The minimum Gasteiger partial charge on any atom is -0.399 e. The number of aromatic nitrogens is 1. The number of fused-ring (bicyclic) bond motifs is 1. The molecule has 2 aromatic carbocycles. The smallest absolute Gasteiger partial charge is 0.196 e. The molecule has 0 aliphatic heterocycles. The molecule has 0 bridgehead atoms. The normalized spacial score (nSPS) is 11.0. The molecule has 0 saturated carbocycles. The molecule has 0 aliphatic carbocycles. The van der Waals surface area contributed by atoms with E-state index in [1.165, 1.54) is 36.5 Å². The maximum Gasteiger partial charge on any atom is 0.196 e. The fraction of sp³-hybridized carbons (Fsp3) is 0. The molecule has 0 unspecified atom stereocenters. The van der Waals surface area contributed by atoms with E-state index in [9.17, 15) is 9.18 Å². The zero-order chi connectivity index (χ0) is 15.1. The van der Waals surface area contributed by atoms with Crippen molar-refractivity contribution in [2.24, 2.45) is 0 Å². The molecule has 3 rings (SSSR count). The van der Waals surface area contributed by atoms with Gasteiger partial charge in [0.1, 0.15) is 5.82 Å². The molecule has 3 nitrogen and oxygen atoms in total. The second-order valence-electron chi connectivity index (χ2n) is 4.59. The lowest BCUT2D eigenvalue weighted by Crippen LogP contribution is -2.03. The summed E-state index contributed by atoms with van der Waals surface area (Å²) in [5.74, 6) is -0.708. The number of nitrogen functional groups attached to an aromatic ring is 1. The van der Waals surface area contributed by atoms with Crippen LogP contribution in [0, 0.1) is 5.82 Å². The predicted molar refractivity (Wildman–Crippen MR) is 82.6 cm³/mol. The molecule has 0 spiro atoms. The maximum atomic E-state index is 13.2. The minimum absolute atomic E-state index is 0.146. The van der Waals surface area contributed by atoms with E-state index in [1.54, 1.807) is 0 Å². The first kappa shape index (κ1) is 13.9. The van der Waals surface area contributed by atoms with Gasteiger partial charge in [-0.1, -0.05) is 23.2 Å². The zero-order valence-electron chi connectivity index (χ0n) is 10.6. The van der Waals surface area contributed by atoms with Crippen LogP contribution in [0.15, 0.2) is 36.5 Å². The number of benzene rings is 2. The van der Waals surface area contributed by atoms with Crippen LogP contribution in [0.4, 0.5) is 10.1 Å². The van der Waals surface area contributed by atoms with E-state index in [4.69, 9.17) is 28.9 Å². The molecule has 21 heavy (non-hydrogen) atoms. The molecule has 3 N–H and O–H groups in total. The minimum atomic E-state index is -0.381. The molecule has 1 heterocycles. The molecular formula is C15H9Cl2FN2O. The number of rotatable bonds is 2. The first-order chi connectivity index (χ1) is 9.97. The highest BCUT2D eigenvalue weighted by molar-refractivity contribution is 6.44. The van der Waals surface area contributed by atoms with Gasteiger partial charge in [0.05, 0.1) is 10.0 Å². The summed E-state index contributed by atoms with van der Waals surface area (Å²) in [5.41, 5.74) is 7.17. The zero-order valence-corrected chi connectivity index (χ0v) is 12.1. The van der Waals surface area contributed by atoms with Crippen molar-refractivity contribution in [3.8, 4) is 0 Å². The summed E-state index contributed by atoms with van der Waals surface area (Å²) in [7, 11) is 0. The van der Waals surface area contributed by atoms with Crippen LogP contribution in [0.25, 0.3) is 10.9 Å². The van der Waals surface area contributed by atoms with E-state index in [0.29, 0.717) is 22.2 Å². The molecule has 0 radical (unpaired) electrons.